The van der Waals surface area contributed by atoms with Crippen molar-refractivity contribution in [2.75, 3.05) is 59.3 Å². The third-order valence-corrected chi connectivity index (χ3v) is 5.10. The van der Waals surface area contributed by atoms with Gasteiger partial charge in [-0.25, -0.2) is 0 Å². The molecule has 0 fully saturated rings. The summed E-state index contributed by atoms with van der Waals surface area (Å²) < 4.78 is 0. The van der Waals surface area contributed by atoms with Crippen molar-refractivity contribution in [3.8, 4) is 11.5 Å². The molecule has 0 aliphatic heterocycles. The highest BCUT2D eigenvalue weighted by atomic mass is 16.3. The van der Waals surface area contributed by atoms with Gasteiger partial charge in [0.05, 0.1) is 16.7 Å². The first-order valence-electron chi connectivity index (χ1n) is 9.54. The van der Waals surface area contributed by atoms with Gasteiger partial charge in [-0.15, -0.1) is 0 Å². The molecule has 7 heteroatoms. The molecule has 1 aliphatic rings. The minimum absolute atomic E-state index is 0.00276. The lowest BCUT2D eigenvalue weighted by atomic mass is 9.82. The number of hydrogen-bond acceptors (Lipinski definition) is 7. The molecule has 0 aromatic heterocycles. The molecule has 0 bridgehead atoms. The Bertz CT molecular complexity index is 941. The highest BCUT2D eigenvalue weighted by Gasteiger charge is 2.36. The number of benzene rings is 2. The lowest BCUT2D eigenvalue weighted by Crippen LogP contribution is -2.38. The Morgan fingerprint density at radius 3 is 1.86 bits per heavy atom. The summed E-state index contributed by atoms with van der Waals surface area (Å²) in [6.45, 7) is 2.81. The number of hydrogen-bond donors (Lipinski definition) is 2. The van der Waals surface area contributed by atoms with Crippen molar-refractivity contribution in [2.45, 2.75) is 0 Å². The zero-order valence-electron chi connectivity index (χ0n) is 17.3. The predicted molar refractivity (Wildman–Crippen MR) is 112 cm³/mol. The summed E-state index contributed by atoms with van der Waals surface area (Å²) in [5, 5.41) is 20.7. The van der Waals surface area contributed by atoms with E-state index in [4.69, 9.17) is 0 Å². The molecule has 0 saturated carbocycles. The van der Waals surface area contributed by atoms with Crippen molar-refractivity contribution in [1.29, 1.82) is 0 Å². The number of nitrogens with zero attached hydrogens (tertiary/aromatic N) is 3. The topological polar surface area (TPSA) is 84.3 Å². The smallest absolute Gasteiger partial charge is 0.200 e. The quantitative estimate of drug-likeness (QED) is 0.629. The number of fused-ring (bicyclic) bond motifs is 2. The Hall–Kier alpha value is -2.90. The van der Waals surface area contributed by atoms with Crippen molar-refractivity contribution in [3.05, 3.63) is 52.6 Å². The Morgan fingerprint density at radius 1 is 0.690 bits per heavy atom. The van der Waals surface area contributed by atoms with Crippen LogP contribution in [0.15, 0.2) is 30.3 Å². The van der Waals surface area contributed by atoms with Crippen LogP contribution in [0, 0.1) is 0 Å². The van der Waals surface area contributed by atoms with Crippen molar-refractivity contribution in [1.82, 2.24) is 9.80 Å². The van der Waals surface area contributed by atoms with Gasteiger partial charge in [-0.1, -0.05) is 12.1 Å². The normalized spacial score (nSPS) is 13.0. The molecule has 3 rings (SSSR count). The third kappa shape index (κ3) is 3.97. The van der Waals surface area contributed by atoms with E-state index < -0.39 is 11.6 Å². The SMILES string of the molecule is CN(C)CCN(CCN(C)C)c1ccc(O)c2c1C(=O)c1c(O)cccc1C2=O. The highest BCUT2D eigenvalue weighted by Crippen LogP contribution is 2.40. The molecular formula is C22H27N3O4. The van der Waals surface area contributed by atoms with Crippen LogP contribution in [0.2, 0.25) is 0 Å². The highest BCUT2D eigenvalue weighted by molar-refractivity contribution is 6.31. The van der Waals surface area contributed by atoms with Gasteiger partial charge in [0.2, 0.25) is 0 Å². The minimum atomic E-state index is -0.454. The molecule has 7 nitrogen and oxygen atoms in total. The van der Waals surface area contributed by atoms with Gasteiger partial charge >= 0.3 is 0 Å². The Kier molecular flexibility index (Phi) is 5.91. The average Bonchev–Trinajstić information content (AvgIpc) is 2.66. The minimum Gasteiger partial charge on any atom is -0.507 e. The summed E-state index contributed by atoms with van der Waals surface area (Å²) >= 11 is 0. The second-order valence-corrected chi connectivity index (χ2v) is 7.81. The van der Waals surface area contributed by atoms with Crippen LogP contribution in [-0.4, -0.2) is 85.9 Å². The molecular weight excluding hydrogens is 370 g/mol. The van der Waals surface area contributed by atoms with Crippen LogP contribution in [0.5, 0.6) is 11.5 Å². The van der Waals surface area contributed by atoms with Crippen LogP contribution in [0.3, 0.4) is 0 Å². The van der Waals surface area contributed by atoms with E-state index in [-0.39, 0.29) is 33.8 Å². The van der Waals surface area contributed by atoms with Crippen molar-refractivity contribution < 1.29 is 19.8 Å². The van der Waals surface area contributed by atoms with E-state index in [1.165, 1.54) is 24.3 Å². The summed E-state index contributed by atoms with van der Waals surface area (Å²) in [6.07, 6.45) is 0. The lowest BCUT2D eigenvalue weighted by molar-refractivity contribution is 0.0974. The molecule has 2 N–H and O–H groups in total. The number of phenolic OH excluding ortho intramolecular Hbond substituents is 2. The standard InChI is InChI=1S/C22H27N3O4/c1-23(2)10-12-25(13-11-24(3)4)15-8-9-17(27)20-19(15)22(29)18-14(21(20)28)6-5-7-16(18)26/h5-9,26-27H,10-13H2,1-4H3. The zero-order chi connectivity index (χ0) is 21.3. The van der Waals surface area contributed by atoms with Crippen LogP contribution in [0.25, 0.3) is 0 Å². The number of carbonyl (C=O) groups is 2. The van der Waals surface area contributed by atoms with Gasteiger partial charge in [-0.2, -0.15) is 0 Å². The van der Waals surface area contributed by atoms with Gasteiger partial charge in [0.15, 0.2) is 11.6 Å². The van der Waals surface area contributed by atoms with Crippen LogP contribution >= 0.6 is 0 Å². The maximum atomic E-state index is 13.4. The Balaban J connectivity index is 2.15. The lowest BCUT2D eigenvalue weighted by Gasteiger charge is -2.31. The first-order chi connectivity index (χ1) is 13.7. The molecule has 0 spiro atoms. The number of anilines is 1. The molecule has 2 aromatic carbocycles. The molecule has 154 valence electrons. The number of rotatable bonds is 7. The number of aromatic hydroxyl groups is 2. The van der Waals surface area contributed by atoms with Gasteiger partial charge < -0.3 is 24.9 Å². The summed E-state index contributed by atoms with van der Waals surface area (Å²) in [6, 6.07) is 7.56. The largest absolute Gasteiger partial charge is 0.507 e. The molecule has 0 atom stereocenters. The van der Waals surface area contributed by atoms with Gasteiger partial charge in [-0.3, -0.25) is 9.59 Å². The van der Waals surface area contributed by atoms with Gasteiger partial charge in [-0.05, 0) is 46.4 Å². The van der Waals surface area contributed by atoms with E-state index >= 15 is 0 Å². The van der Waals surface area contributed by atoms with Crippen molar-refractivity contribution >= 4 is 17.3 Å². The van der Waals surface area contributed by atoms with Crippen molar-refractivity contribution in [2.24, 2.45) is 0 Å². The van der Waals surface area contributed by atoms with Gasteiger partial charge in [0.25, 0.3) is 0 Å². The first-order valence-corrected chi connectivity index (χ1v) is 9.54. The van der Waals surface area contributed by atoms with E-state index in [0.29, 0.717) is 18.8 Å². The molecule has 0 unspecified atom stereocenters. The van der Waals surface area contributed by atoms with E-state index in [1.54, 1.807) is 6.07 Å². The number of ketones is 2. The summed E-state index contributed by atoms with van der Waals surface area (Å²) in [5.41, 5.74) is 0.862. The van der Waals surface area contributed by atoms with Crippen molar-refractivity contribution in [3.63, 3.8) is 0 Å². The second kappa shape index (κ2) is 8.23. The Morgan fingerprint density at radius 2 is 1.28 bits per heavy atom. The first kappa shape index (κ1) is 20.8. The second-order valence-electron chi connectivity index (χ2n) is 7.81. The van der Waals surface area contributed by atoms with Crippen LogP contribution in [0.4, 0.5) is 5.69 Å². The van der Waals surface area contributed by atoms with E-state index in [2.05, 4.69) is 4.90 Å². The molecule has 2 aromatic rings. The summed E-state index contributed by atoms with van der Waals surface area (Å²) in [4.78, 5) is 32.6. The van der Waals surface area contributed by atoms with Crippen LogP contribution < -0.4 is 4.90 Å². The summed E-state index contributed by atoms with van der Waals surface area (Å²) in [5.74, 6) is -1.35. The number of likely N-dealkylation sites (N-methyl/N-ethyl adjacent to an activating group) is 2. The monoisotopic (exact) mass is 397 g/mol. The van der Waals surface area contributed by atoms with E-state index in [0.717, 1.165) is 13.1 Å². The molecule has 29 heavy (non-hydrogen) atoms. The molecule has 0 heterocycles. The zero-order valence-corrected chi connectivity index (χ0v) is 17.3. The van der Waals surface area contributed by atoms with Gasteiger partial charge in [0, 0.05) is 37.4 Å². The Labute approximate surface area is 170 Å². The van der Waals surface area contributed by atoms with E-state index in [1.807, 2.05) is 38.0 Å². The van der Waals surface area contributed by atoms with Gasteiger partial charge in [0.1, 0.15) is 11.5 Å². The fourth-order valence-electron chi connectivity index (χ4n) is 3.53. The predicted octanol–water partition coefficient (Wildman–Crippen LogP) is 1.80. The maximum absolute atomic E-state index is 13.4. The molecule has 0 saturated heterocycles. The fraction of sp³-hybridized carbons (Fsp3) is 0.364. The van der Waals surface area contributed by atoms with E-state index in [9.17, 15) is 19.8 Å². The summed E-state index contributed by atoms with van der Waals surface area (Å²) in [7, 11) is 7.89. The number of carbonyl (C=O) groups excluding carboxylic acids is 2. The van der Waals surface area contributed by atoms with Crippen LogP contribution in [-0.2, 0) is 0 Å². The molecule has 1 aliphatic carbocycles. The number of phenols is 2. The average molecular weight is 397 g/mol. The third-order valence-electron chi connectivity index (χ3n) is 5.10. The maximum Gasteiger partial charge on any atom is 0.200 e. The fourth-order valence-corrected chi connectivity index (χ4v) is 3.53. The molecule has 0 radical (unpaired) electrons. The van der Waals surface area contributed by atoms with Crippen LogP contribution in [0.1, 0.15) is 31.8 Å². The molecule has 0 amide bonds.